The molecule has 0 aromatic carbocycles. The Kier molecular flexibility index (Phi) is 7.52. The number of ether oxygens (including phenoxy) is 1. The maximum absolute atomic E-state index is 12.0. The predicted molar refractivity (Wildman–Crippen MR) is 92.0 cm³/mol. The summed E-state index contributed by atoms with van der Waals surface area (Å²) in [4.78, 5) is 24.0. The predicted octanol–water partition coefficient (Wildman–Crippen LogP) is 2.49. The number of rotatable bonds is 7. The lowest BCUT2D eigenvalue weighted by Gasteiger charge is -2.35. The molecule has 2 atom stereocenters. The van der Waals surface area contributed by atoms with E-state index >= 15 is 0 Å². The molecule has 0 aliphatic heterocycles. The highest BCUT2D eigenvalue weighted by atomic mass is 16.5. The Morgan fingerprint density at radius 2 is 1.70 bits per heavy atom. The van der Waals surface area contributed by atoms with Crippen molar-refractivity contribution < 1.29 is 14.3 Å². The van der Waals surface area contributed by atoms with E-state index < -0.39 is 6.04 Å². The van der Waals surface area contributed by atoms with E-state index in [0.717, 1.165) is 0 Å². The lowest BCUT2D eigenvalue weighted by atomic mass is 9.73. The fourth-order valence-electron chi connectivity index (χ4n) is 2.88. The van der Waals surface area contributed by atoms with Crippen molar-refractivity contribution in [2.75, 3.05) is 13.7 Å². The Balaban J connectivity index is 2.52. The Bertz CT molecular complexity index is 397. The van der Waals surface area contributed by atoms with Gasteiger partial charge in [0.25, 0.3) is 0 Å². The van der Waals surface area contributed by atoms with Crippen LogP contribution in [-0.2, 0) is 14.3 Å². The molecule has 134 valence electrons. The molecule has 1 saturated carbocycles. The van der Waals surface area contributed by atoms with Crippen molar-refractivity contribution in [2.45, 2.75) is 72.4 Å². The summed E-state index contributed by atoms with van der Waals surface area (Å²) >= 11 is 0. The van der Waals surface area contributed by atoms with Gasteiger partial charge in [-0.2, -0.15) is 0 Å². The van der Waals surface area contributed by atoms with E-state index in [1.165, 1.54) is 25.7 Å². The molecule has 1 aliphatic carbocycles. The van der Waals surface area contributed by atoms with E-state index in [-0.39, 0.29) is 23.8 Å². The van der Waals surface area contributed by atoms with Crippen molar-refractivity contribution in [3.8, 4) is 0 Å². The minimum Gasteiger partial charge on any atom is -0.376 e. The van der Waals surface area contributed by atoms with Gasteiger partial charge in [0.15, 0.2) is 0 Å². The smallest absolute Gasteiger partial charge is 0.245 e. The quantitative estimate of drug-likeness (QED) is 0.755. The lowest BCUT2D eigenvalue weighted by molar-refractivity contribution is -0.134. The molecule has 0 spiro atoms. The number of hydrogen-bond acceptors (Lipinski definition) is 3. The van der Waals surface area contributed by atoms with E-state index in [9.17, 15) is 9.59 Å². The van der Waals surface area contributed by atoms with Crippen LogP contribution in [-0.4, -0.2) is 37.6 Å². The molecule has 0 heterocycles. The Hall–Kier alpha value is -1.10. The van der Waals surface area contributed by atoms with Gasteiger partial charge in [-0.3, -0.25) is 9.59 Å². The van der Waals surface area contributed by atoms with Crippen LogP contribution in [0.4, 0.5) is 0 Å². The summed E-state index contributed by atoms with van der Waals surface area (Å²) in [6.07, 6.45) is 4.44. The van der Waals surface area contributed by atoms with Gasteiger partial charge in [0.05, 0.1) is 6.10 Å². The maximum atomic E-state index is 12.0. The van der Waals surface area contributed by atoms with Crippen molar-refractivity contribution in [1.29, 1.82) is 0 Å². The maximum Gasteiger partial charge on any atom is 0.245 e. The minimum atomic E-state index is -0.644. The molecule has 0 aromatic rings. The summed E-state index contributed by atoms with van der Waals surface area (Å²) < 4.78 is 5.94. The zero-order valence-electron chi connectivity index (χ0n) is 15.6. The van der Waals surface area contributed by atoms with Crippen LogP contribution in [0, 0.1) is 17.3 Å². The summed E-state index contributed by atoms with van der Waals surface area (Å²) in [5.41, 5.74) is 0.442. The van der Waals surface area contributed by atoms with Gasteiger partial charge in [-0.1, -0.05) is 27.7 Å². The molecule has 0 radical (unpaired) electrons. The van der Waals surface area contributed by atoms with E-state index in [0.29, 0.717) is 17.9 Å². The van der Waals surface area contributed by atoms with Crippen LogP contribution >= 0.6 is 0 Å². The average Bonchev–Trinajstić information content (AvgIpc) is 2.50. The molecule has 23 heavy (non-hydrogen) atoms. The molecule has 0 saturated heterocycles. The van der Waals surface area contributed by atoms with Gasteiger partial charge in [-0.15, -0.1) is 0 Å². The summed E-state index contributed by atoms with van der Waals surface area (Å²) in [5.74, 6) is 0.0521. The van der Waals surface area contributed by atoms with Crippen molar-refractivity contribution in [2.24, 2.45) is 17.3 Å². The third-order valence-corrected chi connectivity index (χ3v) is 4.87. The summed E-state index contributed by atoms with van der Waals surface area (Å²) in [5, 5.41) is 5.40. The first-order valence-electron chi connectivity index (χ1n) is 8.80. The van der Waals surface area contributed by atoms with E-state index in [4.69, 9.17) is 4.74 Å². The molecule has 0 aromatic heterocycles. The number of nitrogens with one attached hydrogen (secondary N) is 2. The van der Waals surface area contributed by atoms with Crippen LogP contribution in [0.3, 0.4) is 0 Å². The summed E-state index contributed by atoms with van der Waals surface area (Å²) in [7, 11) is 1.58. The SMILES string of the molecule is CNC(=O)C(NC(=O)C(C)C)C(C)OCC1CCC(C)(C)CC1. The first-order chi connectivity index (χ1) is 10.7. The van der Waals surface area contributed by atoms with Crippen LogP contribution < -0.4 is 10.6 Å². The molecule has 0 bridgehead atoms. The van der Waals surface area contributed by atoms with Crippen molar-refractivity contribution in [3.63, 3.8) is 0 Å². The standard InChI is InChI=1S/C18H34N2O3/c1-12(2)16(21)20-15(17(22)19-6)13(3)23-11-14-7-9-18(4,5)10-8-14/h12-15H,7-11H2,1-6H3,(H,19,22)(H,20,21). The van der Waals surface area contributed by atoms with Crippen LogP contribution in [0.15, 0.2) is 0 Å². The first-order valence-corrected chi connectivity index (χ1v) is 8.80. The molecular weight excluding hydrogens is 292 g/mol. The van der Waals surface area contributed by atoms with Gasteiger partial charge in [-0.25, -0.2) is 0 Å². The minimum absolute atomic E-state index is 0.131. The third kappa shape index (κ3) is 6.50. The van der Waals surface area contributed by atoms with Gasteiger partial charge in [0, 0.05) is 19.6 Å². The second-order valence-corrected chi connectivity index (χ2v) is 7.90. The number of carbonyl (C=O) groups excluding carboxylic acids is 2. The van der Waals surface area contributed by atoms with Gasteiger partial charge in [0.1, 0.15) is 6.04 Å². The van der Waals surface area contributed by atoms with Gasteiger partial charge in [0.2, 0.25) is 11.8 Å². The Labute approximate surface area is 140 Å². The Morgan fingerprint density at radius 3 is 2.17 bits per heavy atom. The highest BCUT2D eigenvalue weighted by molar-refractivity contribution is 5.88. The highest BCUT2D eigenvalue weighted by Gasteiger charge is 2.30. The molecular formula is C18H34N2O3. The van der Waals surface area contributed by atoms with Gasteiger partial charge < -0.3 is 15.4 Å². The van der Waals surface area contributed by atoms with E-state index in [1.54, 1.807) is 7.05 Å². The van der Waals surface area contributed by atoms with Crippen LogP contribution in [0.25, 0.3) is 0 Å². The zero-order chi connectivity index (χ0) is 17.6. The molecule has 1 aliphatic rings. The van der Waals surface area contributed by atoms with Crippen LogP contribution in [0.5, 0.6) is 0 Å². The van der Waals surface area contributed by atoms with Crippen LogP contribution in [0.2, 0.25) is 0 Å². The number of likely N-dealkylation sites (N-methyl/N-ethyl adjacent to an activating group) is 1. The monoisotopic (exact) mass is 326 g/mol. The third-order valence-electron chi connectivity index (χ3n) is 4.87. The molecule has 2 N–H and O–H groups in total. The fourth-order valence-corrected chi connectivity index (χ4v) is 2.88. The topological polar surface area (TPSA) is 67.4 Å². The van der Waals surface area contributed by atoms with E-state index in [2.05, 4.69) is 24.5 Å². The van der Waals surface area contributed by atoms with E-state index in [1.807, 2.05) is 20.8 Å². The second-order valence-electron chi connectivity index (χ2n) is 7.90. The Morgan fingerprint density at radius 1 is 1.13 bits per heavy atom. The summed E-state index contributed by atoms with van der Waals surface area (Å²) in [6.45, 7) is 10.8. The molecule has 5 heteroatoms. The molecule has 2 amide bonds. The van der Waals surface area contributed by atoms with Crippen molar-refractivity contribution in [1.82, 2.24) is 10.6 Å². The number of hydrogen-bond donors (Lipinski definition) is 2. The molecule has 1 rings (SSSR count). The first kappa shape index (κ1) is 19.9. The largest absolute Gasteiger partial charge is 0.376 e. The second kappa shape index (κ2) is 8.67. The normalized spacial score (nSPS) is 20.8. The molecule has 2 unspecified atom stereocenters. The van der Waals surface area contributed by atoms with Crippen molar-refractivity contribution in [3.05, 3.63) is 0 Å². The van der Waals surface area contributed by atoms with Gasteiger partial charge in [-0.05, 0) is 43.9 Å². The highest BCUT2D eigenvalue weighted by Crippen LogP contribution is 2.38. The average molecular weight is 326 g/mol. The fraction of sp³-hybridized carbons (Fsp3) is 0.889. The number of carbonyl (C=O) groups is 2. The van der Waals surface area contributed by atoms with Gasteiger partial charge >= 0.3 is 0 Å². The summed E-state index contributed by atoms with van der Waals surface area (Å²) in [6, 6.07) is -0.644. The van der Waals surface area contributed by atoms with Crippen molar-refractivity contribution >= 4 is 11.8 Å². The molecule has 5 nitrogen and oxygen atoms in total. The lowest BCUT2D eigenvalue weighted by Crippen LogP contribution is -2.53. The van der Waals surface area contributed by atoms with Crippen LogP contribution in [0.1, 0.15) is 60.3 Å². The molecule has 1 fully saturated rings. The number of amides is 2. The zero-order valence-corrected chi connectivity index (χ0v) is 15.6.